The summed E-state index contributed by atoms with van der Waals surface area (Å²) in [6.45, 7) is 4.59. The first kappa shape index (κ1) is 23.7. The van der Waals surface area contributed by atoms with Crippen molar-refractivity contribution in [2.75, 3.05) is 18.4 Å². The third-order valence-corrected chi connectivity index (χ3v) is 6.07. The molecule has 6 nitrogen and oxygen atoms in total. The van der Waals surface area contributed by atoms with Gasteiger partial charge in [-0.05, 0) is 43.0 Å². The summed E-state index contributed by atoms with van der Waals surface area (Å²) in [4.78, 5) is 32.5. The van der Waals surface area contributed by atoms with Crippen LogP contribution in [0, 0.1) is 17.7 Å². The van der Waals surface area contributed by atoms with Gasteiger partial charge < -0.3 is 4.90 Å². The van der Waals surface area contributed by atoms with E-state index < -0.39 is 0 Å². The molecule has 0 atom stereocenters. The van der Waals surface area contributed by atoms with Crippen LogP contribution in [0.25, 0.3) is 16.9 Å². The molecule has 1 heterocycles. The summed E-state index contributed by atoms with van der Waals surface area (Å²) in [5, 5.41) is 2.89. The topological polar surface area (TPSA) is 67.2 Å². The number of amides is 2. The predicted molar refractivity (Wildman–Crippen MR) is 131 cm³/mol. The maximum atomic E-state index is 13.5. The molecule has 0 unspecified atom stereocenters. The molecule has 1 aromatic heterocycles. The average Bonchev–Trinajstić information content (AvgIpc) is 3.50. The van der Waals surface area contributed by atoms with Crippen molar-refractivity contribution in [3.63, 3.8) is 0 Å². The van der Waals surface area contributed by atoms with Crippen LogP contribution in [0.15, 0.2) is 60.8 Å². The number of hydrogen-bond acceptors (Lipinski definition) is 3. The first-order valence-corrected chi connectivity index (χ1v) is 11.9. The lowest BCUT2D eigenvalue weighted by Gasteiger charge is -2.26. The second kappa shape index (κ2) is 10.6. The molecule has 1 saturated carbocycles. The maximum absolute atomic E-state index is 13.5. The van der Waals surface area contributed by atoms with E-state index in [4.69, 9.17) is 0 Å². The molecule has 3 aromatic rings. The summed E-state index contributed by atoms with van der Waals surface area (Å²) < 4.78 is 15.2. The Labute approximate surface area is 199 Å². The number of nitrogens with zero attached hydrogens (tertiary/aromatic N) is 3. The fraction of sp³-hybridized carbons (Fsp3) is 0.370. The fourth-order valence-electron chi connectivity index (χ4n) is 4.46. The minimum atomic E-state index is -0.340. The zero-order chi connectivity index (χ0) is 24.1. The van der Waals surface area contributed by atoms with E-state index in [0.29, 0.717) is 23.9 Å². The number of rotatable bonds is 8. The summed E-state index contributed by atoms with van der Waals surface area (Å²) in [5.74, 6) is 0.0102. The van der Waals surface area contributed by atoms with Crippen LogP contribution in [0.3, 0.4) is 0 Å². The zero-order valence-corrected chi connectivity index (χ0v) is 19.7. The Morgan fingerprint density at radius 2 is 1.76 bits per heavy atom. The molecule has 34 heavy (non-hydrogen) atoms. The van der Waals surface area contributed by atoms with Gasteiger partial charge in [-0.3, -0.25) is 19.5 Å². The number of nitrogens with one attached hydrogen (secondary N) is 1. The zero-order valence-electron chi connectivity index (χ0n) is 19.7. The number of halogens is 1. The van der Waals surface area contributed by atoms with Crippen LogP contribution in [0.5, 0.6) is 0 Å². The third kappa shape index (κ3) is 5.71. The Kier molecular flexibility index (Phi) is 7.40. The van der Waals surface area contributed by atoms with Crippen LogP contribution in [-0.2, 0) is 9.59 Å². The Morgan fingerprint density at radius 1 is 1.09 bits per heavy atom. The Morgan fingerprint density at radius 3 is 2.41 bits per heavy atom. The number of benzene rings is 2. The first-order chi connectivity index (χ1) is 16.4. The van der Waals surface area contributed by atoms with Crippen LogP contribution in [0.2, 0.25) is 0 Å². The molecule has 1 fully saturated rings. The van der Waals surface area contributed by atoms with Gasteiger partial charge in [0.15, 0.2) is 0 Å². The minimum absolute atomic E-state index is 0.0115. The number of anilines is 1. The second-order valence-electron chi connectivity index (χ2n) is 9.30. The van der Waals surface area contributed by atoms with Crippen LogP contribution in [-0.4, -0.2) is 39.4 Å². The molecular weight excluding hydrogens is 431 g/mol. The average molecular weight is 463 g/mol. The second-order valence-corrected chi connectivity index (χ2v) is 9.30. The van der Waals surface area contributed by atoms with Crippen molar-refractivity contribution in [1.29, 1.82) is 0 Å². The lowest BCUT2D eigenvalue weighted by atomic mass is 10.1. The van der Waals surface area contributed by atoms with Crippen LogP contribution < -0.4 is 5.32 Å². The number of aromatic nitrogens is 2. The molecule has 178 valence electrons. The van der Waals surface area contributed by atoms with E-state index in [0.717, 1.165) is 31.2 Å². The molecule has 4 rings (SSSR count). The molecule has 1 aliphatic carbocycles. The monoisotopic (exact) mass is 462 g/mol. The summed E-state index contributed by atoms with van der Waals surface area (Å²) in [7, 11) is 0. The van der Waals surface area contributed by atoms with Crippen molar-refractivity contribution in [3.05, 3.63) is 66.6 Å². The SMILES string of the molecule is CC(C)CN(CC(=O)Nc1nc(-c2ccccc2)cn1-c1ccc(F)cc1)C(=O)C1CCCC1. The van der Waals surface area contributed by atoms with Gasteiger partial charge in [0, 0.05) is 29.9 Å². The molecule has 0 spiro atoms. The smallest absolute Gasteiger partial charge is 0.246 e. The van der Waals surface area contributed by atoms with Crippen molar-refractivity contribution in [3.8, 4) is 16.9 Å². The fourth-order valence-corrected chi connectivity index (χ4v) is 4.46. The normalized spacial score (nSPS) is 13.9. The van der Waals surface area contributed by atoms with Crippen molar-refractivity contribution in [2.45, 2.75) is 39.5 Å². The Hall–Kier alpha value is -3.48. The Bertz CT molecular complexity index is 1120. The van der Waals surface area contributed by atoms with Gasteiger partial charge in [-0.1, -0.05) is 57.0 Å². The van der Waals surface area contributed by atoms with Crippen LogP contribution >= 0.6 is 0 Å². The van der Waals surface area contributed by atoms with Crippen molar-refractivity contribution >= 4 is 17.8 Å². The molecule has 0 radical (unpaired) electrons. The van der Waals surface area contributed by atoms with E-state index in [2.05, 4.69) is 10.3 Å². The highest BCUT2D eigenvalue weighted by atomic mass is 19.1. The highest BCUT2D eigenvalue weighted by Gasteiger charge is 2.29. The van der Waals surface area contributed by atoms with E-state index in [1.807, 2.05) is 50.4 Å². The van der Waals surface area contributed by atoms with Gasteiger partial charge in [0.2, 0.25) is 17.8 Å². The lowest BCUT2D eigenvalue weighted by Crippen LogP contribution is -2.43. The summed E-state index contributed by atoms with van der Waals surface area (Å²) in [6, 6.07) is 15.6. The van der Waals surface area contributed by atoms with E-state index in [1.165, 1.54) is 12.1 Å². The van der Waals surface area contributed by atoms with E-state index in [9.17, 15) is 14.0 Å². The van der Waals surface area contributed by atoms with Gasteiger partial charge in [-0.25, -0.2) is 9.37 Å². The van der Waals surface area contributed by atoms with Crippen molar-refractivity contribution in [2.24, 2.45) is 11.8 Å². The summed E-state index contributed by atoms with van der Waals surface area (Å²) >= 11 is 0. The lowest BCUT2D eigenvalue weighted by molar-refractivity contribution is -0.138. The largest absolute Gasteiger partial charge is 0.333 e. The molecule has 7 heteroatoms. The van der Waals surface area contributed by atoms with Gasteiger partial charge in [0.1, 0.15) is 5.82 Å². The van der Waals surface area contributed by atoms with Gasteiger partial charge in [-0.15, -0.1) is 0 Å². The summed E-state index contributed by atoms with van der Waals surface area (Å²) in [5.41, 5.74) is 2.26. The third-order valence-electron chi connectivity index (χ3n) is 6.07. The van der Waals surface area contributed by atoms with Gasteiger partial charge >= 0.3 is 0 Å². The predicted octanol–water partition coefficient (Wildman–Crippen LogP) is 5.29. The van der Waals surface area contributed by atoms with Crippen LogP contribution in [0.4, 0.5) is 10.3 Å². The molecule has 1 aliphatic rings. The standard InChI is InChI=1S/C27H31FN4O2/c1-19(2)16-31(26(34)21-10-6-7-11-21)18-25(33)30-27-29-24(20-8-4-3-5-9-20)17-32(27)23-14-12-22(28)13-15-23/h3-5,8-9,12-15,17,19,21H,6-7,10-11,16,18H2,1-2H3,(H,29,30,33). The molecule has 0 bridgehead atoms. The van der Waals surface area contributed by atoms with Crippen LogP contribution in [0.1, 0.15) is 39.5 Å². The Balaban J connectivity index is 1.58. The quantitative estimate of drug-likeness (QED) is 0.495. The maximum Gasteiger partial charge on any atom is 0.246 e. The first-order valence-electron chi connectivity index (χ1n) is 11.9. The van der Waals surface area contributed by atoms with Crippen molar-refractivity contribution in [1.82, 2.24) is 14.5 Å². The highest BCUT2D eigenvalue weighted by Crippen LogP contribution is 2.27. The van der Waals surface area contributed by atoms with E-state index in [-0.39, 0.29) is 36.0 Å². The summed E-state index contributed by atoms with van der Waals surface area (Å²) in [6.07, 6.45) is 5.73. The minimum Gasteiger partial charge on any atom is -0.333 e. The van der Waals surface area contributed by atoms with Gasteiger partial charge in [0.25, 0.3) is 0 Å². The highest BCUT2D eigenvalue weighted by molar-refractivity contribution is 5.94. The number of hydrogen-bond donors (Lipinski definition) is 1. The van der Waals surface area contributed by atoms with Gasteiger partial charge in [-0.2, -0.15) is 0 Å². The number of imidazole rings is 1. The number of carbonyl (C=O) groups excluding carboxylic acids is 2. The molecule has 0 saturated heterocycles. The van der Waals surface area contributed by atoms with E-state index >= 15 is 0 Å². The molecule has 0 aliphatic heterocycles. The molecule has 2 amide bonds. The van der Waals surface area contributed by atoms with Gasteiger partial charge in [0.05, 0.1) is 12.2 Å². The molecular formula is C27H31FN4O2. The molecule has 1 N–H and O–H groups in total. The number of carbonyl (C=O) groups is 2. The molecule has 2 aromatic carbocycles. The van der Waals surface area contributed by atoms with Crippen molar-refractivity contribution < 1.29 is 14.0 Å². The van der Waals surface area contributed by atoms with E-state index in [1.54, 1.807) is 21.6 Å².